The van der Waals surface area contributed by atoms with Crippen LogP contribution >= 0.6 is 0 Å². The lowest BCUT2D eigenvalue weighted by molar-refractivity contribution is -0.137. The maximum atomic E-state index is 14.1. The summed E-state index contributed by atoms with van der Waals surface area (Å²) in [5.41, 5.74) is 11.1. The van der Waals surface area contributed by atoms with Crippen LogP contribution in [0.4, 0.5) is 18.9 Å². The van der Waals surface area contributed by atoms with Crippen LogP contribution in [0.2, 0.25) is 0 Å². The fourth-order valence-corrected chi connectivity index (χ4v) is 8.35. The van der Waals surface area contributed by atoms with E-state index in [0.29, 0.717) is 27.8 Å². The number of halogens is 3. The number of nitrogens with zero attached hydrogens (tertiary/aromatic N) is 4. The van der Waals surface area contributed by atoms with Gasteiger partial charge >= 0.3 is 6.18 Å². The van der Waals surface area contributed by atoms with Crippen molar-refractivity contribution in [2.75, 3.05) is 0 Å². The number of aryl methyl sites for hydroxylation is 4. The molecule has 7 heteroatoms. The fraction of sp³-hybridized carbons (Fsp3) is 0.102. The minimum Gasteiger partial charge on any atom is -0.309 e. The minimum absolute atomic E-state index is 0.134. The van der Waals surface area contributed by atoms with E-state index in [1.54, 1.807) is 6.07 Å². The Hall–Kier alpha value is -7.09. The highest BCUT2D eigenvalue weighted by molar-refractivity contribution is 6.13. The molecule has 0 bridgehead atoms. The van der Waals surface area contributed by atoms with Crippen LogP contribution in [-0.2, 0) is 6.18 Å². The number of benzene rings is 7. The average molecular weight is 735 g/mol. The molecule has 0 saturated heterocycles. The van der Waals surface area contributed by atoms with Crippen LogP contribution in [0.3, 0.4) is 0 Å². The highest BCUT2D eigenvalue weighted by Gasteiger charge is 2.32. The molecule has 4 nitrogen and oxygen atoms in total. The van der Waals surface area contributed by atoms with Crippen molar-refractivity contribution >= 4 is 49.3 Å². The summed E-state index contributed by atoms with van der Waals surface area (Å²) in [6, 6.07) is 42.5. The molecule has 7 aromatic carbocycles. The number of fused-ring (bicyclic) bond motifs is 6. The molecule has 0 N–H and O–H groups in total. The van der Waals surface area contributed by atoms with Gasteiger partial charge in [0.2, 0.25) is 0 Å². The summed E-state index contributed by atoms with van der Waals surface area (Å²) in [5, 5.41) is 15.2. The summed E-state index contributed by atoms with van der Waals surface area (Å²) in [6.07, 6.45) is -4.63. The van der Waals surface area contributed by atoms with Crippen molar-refractivity contribution in [3.8, 4) is 39.7 Å². The quantitative estimate of drug-likeness (QED) is 0.166. The molecule has 2 aromatic heterocycles. The SMILES string of the molecule is [C-]#[N+]c1cc(C(F)(F)F)ccc1-c1cccc(-n2c3ccc(C)cc3c3cc(C)ccc32)c1-c1c(C#N)cccc1-n1c2ccc(C)cc2c2cc(C)ccc21. The Kier molecular flexibility index (Phi) is 7.90. The van der Waals surface area contributed by atoms with Crippen LogP contribution in [-0.4, -0.2) is 9.13 Å². The highest BCUT2D eigenvalue weighted by atomic mass is 19.4. The van der Waals surface area contributed by atoms with Gasteiger partial charge in [0.25, 0.3) is 0 Å². The van der Waals surface area contributed by atoms with E-state index in [2.05, 4.69) is 121 Å². The lowest BCUT2D eigenvalue weighted by Crippen LogP contribution is -2.06. The second kappa shape index (κ2) is 12.8. The van der Waals surface area contributed by atoms with Gasteiger partial charge in [0.15, 0.2) is 5.69 Å². The zero-order valence-corrected chi connectivity index (χ0v) is 31.0. The Morgan fingerprint density at radius 2 is 0.982 bits per heavy atom. The number of rotatable bonds is 4. The van der Waals surface area contributed by atoms with Gasteiger partial charge in [0.05, 0.1) is 51.6 Å². The predicted octanol–water partition coefficient (Wildman–Crippen LogP) is 13.9. The Morgan fingerprint density at radius 1 is 0.536 bits per heavy atom. The number of aromatic nitrogens is 2. The summed E-state index contributed by atoms with van der Waals surface area (Å²) in [7, 11) is 0. The van der Waals surface area contributed by atoms with Gasteiger partial charge in [-0.1, -0.05) is 76.9 Å². The van der Waals surface area contributed by atoms with Gasteiger partial charge in [-0.3, -0.25) is 0 Å². The normalized spacial score (nSPS) is 11.8. The lowest BCUT2D eigenvalue weighted by Gasteiger charge is -2.23. The van der Waals surface area contributed by atoms with Crippen molar-refractivity contribution in [3.63, 3.8) is 0 Å². The minimum atomic E-state index is -4.63. The van der Waals surface area contributed by atoms with E-state index in [1.807, 2.05) is 30.3 Å². The van der Waals surface area contributed by atoms with Crippen molar-refractivity contribution in [2.45, 2.75) is 33.9 Å². The molecule has 0 aliphatic heterocycles. The van der Waals surface area contributed by atoms with E-state index in [4.69, 9.17) is 6.57 Å². The molecule has 0 radical (unpaired) electrons. The Labute approximate surface area is 321 Å². The Bertz CT molecular complexity index is 3080. The monoisotopic (exact) mass is 734 g/mol. The molecule has 270 valence electrons. The molecule has 0 unspecified atom stereocenters. The first kappa shape index (κ1) is 34.7. The molecule has 0 saturated carbocycles. The van der Waals surface area contributed by atoms with Gasteiger partial charge < -0.3 is 9.13 Å². The zero-order valence-electron chi connectivity index (χ0n) is 31.0. The topological polar surface area (TPSA) is 38.0 Å². The molecule has 0 atom stereocenters. The third kappa shape index (κ3) is 5.35. The van der Waals surface area contributed by atoms with Crippen LogP contribution in [0.15, 0.2) is 127 Å². The average Bonchev–Trinajstić information content (AvgIpc) is 3.67. The van der Waals surface area contributed by atoms with E-state index < -0.39 is 11.7 Å². The largest absolute Gasteiger partial charge is 0.415 e. The van der Waals surface area contributed by atoms with Crippen LogP contribution in [0.25, 0.3) is 82.1 Å². The molecule has 0 amide bonds. The molecule has 9 rings (SSSR count). The van der Waals surface area contributed by atoms with Crippen molar-refractivity contribution in [1.29, 1.82) is 5.26 Å². The molecule has 0 aliphatic rings. The Balaban J connectivity index is 1.49. The molecule has 56 heavy (non-hydrogen) atoms. The van der Waals surface area contributed by atoms with Crippen molar-refractivity contribution < 1.29 is 13.2 Å². The molecule has 0 fully saturated rings. The maximum Gasteiger partial charge on any atom is 0.415 e. The van der Waals surface area contributed by atoms with E-state index in [1.165, 1.54) is 6.07 Å². The predicted molar refractivity (Wildman–Crippen MR) is 221 cm³/mol. The van der Waals surface area contributed by atoms with E-state index in [-0.39, 0.29) is 5.69 Å². The zero-order chi connectivity index (χ0) is 39.0. The third-order valence-electron chi connectivity index (χ3n) is 10.8. The number of alkyl halides is 3. The molecule has 0 aliphatic carbocycles. The first-order valence-corrected chi connectivity index (χ1v) is 18.3. The van der Waals surface area contributed by atoms with Gasteiger partial charge in [0, 0.05) is 38.2 Å². The summed E-state index contributed by atoms with van der Waals surface area (Å²) >= 11 is 0. The number of hydrogen-bond acceptors (Lipinski definition) is 1. The maximum absolute atomic E-state index is 14.1. The van der Waals surface area contributed by atoms with E-state index in [0.717, 1.165) is 89.4 Å². The Morgan fingerprint density at radius 3 is 1.41 bits per heavy atom. The first-order chi connectivity index (χ1) is 27.0. The standard InChI is InChI=1S/C49H33F3N4/c1-28-12-18-41-36(22-28)37-23-29(2)13-19-42(37)55(41)45-10-6-8-32(27-53)47(45)48-35(34-17-16-33(49(50,51)52)26-40(34)54-5)9-7-11-46(48)56-43-20-14-30(3)24-38(43)39-25-31(4)15-21-44(39)56/h6-26H,1-4H3. The van der Waals surface area contributed by atoms with Crippen LogP contribution in [0.1, 0.15) is 33.4 Å². The molecule has 9 aromatic rings. The van der Waals surface area contributed by atoms with Crippen LogP contribution in [0, 0.1) is 45.6 Å². The summed E-state index contributed by atoms with van der Waals surface area (Å²) in [5.74, 6) is 0. The van der Waals surface area contributed by atoms with Gasteiger partial charge in [-0.2, -0.15) is 18.4 Å². The fourth-order valence-electron chi connectivity index (χ4n) is 8.35. The summed E-state index contributed by atoms with van der Waals surface area (Å²) < 4.78 is 46.5. The second-order valence-corrected chi connectivity index (χ2v) is 14.6. The summed E-state index contributed by atoms with van der Waals surface area (Å²) in [4.78, 5) is 3.65. The molecular weight excluding hydrogens is 702 g/mol. The van der Waals surface area contributed by atoms with Crippen molar-refractivity contribution in [1.82, 2.24) is 9.13 Å². The first-order valence-electron chi connectivity index (χ1n) is 18.3. The van der Waals surface area contributed by atoms with E-state index in [9.17, 15) is 18.4 Å². The number of hydrogen-bond donors (Lipinski definition) is 0. The third-order valence-corrected chi connectivity index (χ3v) is 10.8. The smallest absolute Gasteiger partial charge is 0.309 e. The molecular formula is C49H33F3N4. The highest BCUT2D eigenvalue weighted by Crippen LogP contribution is 2.48. The van der Waals surface area contributed by atoms with Crippen molar-refractivity contribution in [3.05, 3.63) is 172 Å². The van der Waals surface area contributed by atoms with Gasteiger partial charge in [-0.25, -0.2) is 4.85 Å². The second-order valence-electron chi connectivity index (χ2n) is 14.6. The van der Waals surface area contributed by atoms with Crippen LogP contribution in [0.5, 0.6) is 0 Å². The van der Waals surface area contributed by atoms with Crippen molar-refractivity contribution in [2.24, 2.45) is 0 Å². The van der Waals surface area contributed by atoms with Gasteiger partial charge in [-0.15, -0.1) is 0 Å². The molecule has 0 spiro atoms. The lowest BCUT2D eigenvalue weighted by atomic mass is 9.88. The van der Waals surface area contributed by atoms with E-state index >= 15 is 0 Å². The van der Waals surface area contributed by atoms with Crippen LogP contribution < -0.4 is 0 Å². The van der Waals surface area contributed by atoms with Gasteiger partial charge in [0.1, 0.15) is 0 Å². The molecule has 2 heterocycles. The number of nitriles is 1. The van der Waals surface area contributed by atoms with Gasteiger partial charge in [-0.05, 0) is 112 Å². The summed E-state index contributed by atoms with van der Waals surface area (Å²) in [6.45, 7) is 16.4.